The molecule has 0 aliphatic rings. The number of primary amides is 1. The predicted octanol–water partition coefficient (Wildman–Crippen LogP) is 0.0234. The molecule has 0 bridgehead atoms. The van der Waals surface area contributed by atoms with Gasteiger partial charge in [-0.05, 0) is 18.9 Å². The number of carboxylic acid groups (broad SMARTS) is 1. The fraction of sp³-hybridized carbons (Fsp3) is 0.333. The van der Waals surface area contributed by atoms with E-state index in [0.717, 1.165) is 15.9 Å². The predicted molar refractivity (Wildman–Crippen MR) is 76.8 cm³/mol. The first-order chi connectivity index (χ1) is 9.82. The summed E-state index contributed by atoms with van der Waals surface area (Å²) in [6.07, 6.45) is 0.0226. The number of hydrogen-bond acceptors (Lipinski definition) is 5. The first-order valence-electron chi connectivity index (χ1n) is 6.10. The van der Waals surface area contributed by atoms with Crippen molar-refractivity contribution in [1.29, 1.82) is 0 Å². The average Bonchev–Trinajstić information content (AvgIpc) is 2.70. The van der Waals surface area contributed by atoms with E-state index < -0.39 is 23.1 Å². The summed E-state index contributed by atoms with van der Waals surface area (Å²) in [6.45, 7) is 1.58. The average molecular weight is 311 g/mol. The first kappa shape index (κ1) is 15.0. The van der Waals surface area contributed by atoms with Gasteiger partial charge in [-0.3, -0.25) is 23.9 Å². The van der Waals surface area contributed by atoms with Crippen LogP contribution in [0.1, 0.15) is 28.1 Å². The minimum Gasteiger partial charge on any atom is -0.481 e. The smallest absolute Gasteiger partial charge is 0.329 e. The lowest BCUT2D eigenvalue weighted by molar-refractivity contribution is -0.137. The van der Waals surface area contributed by atoms with Crippen LogP contribution in [0, 0.1) is 6.92 Å². The van der Waals surface area contributed by atoms with E-state index in [1.165, 1.54) is 0 Å². The van der Waals surface area contributed by atoms with Gasteiger partial charge in [0.2, 0.25) is 0 Å². The molecule has 0 unspecified atom stereocenters. The summed E-state index contributed by atoms with van der Waals surface area (Å²) in [5.74, 6) is -1.66. The molecule has 0 aromatic carbocycles. The third-order valence-corrected chi connectivity index (χ3v) is 4.29. The molecule has 0 fully saturated rings. The molecule has 0 atom stereocenters. The van der Waals surface area contributed by atoms with E-state index >= 15 is 0 Å². The highest BCUT2D eigenvalue weighted by Gasteiger charge is 2.18. The minimum absolute atomic E-state index is 0.00238. The molecule has 0 radical (unpaired) electrons. The molecule has 0 aliphatic carbocycles. The normalized spacial score (nSPS) is 10.9. The van der Waals surface area contributed by atoms with E-state index in [0.29, 0.717) is 10.4 Å². The Balaban J connectivity index is 2.56. The fourth-order valence-electron chi connectivity index (χ4n) is 2.08. The number of carbonyl (C=O) groups excluding carboxylic acids is 1. The lowest BCUT2D eigenvalue weighted by Gasteiger charge is -2.03. The number of carboxylic acids is 1. The Morgan fingerprint density at radius 1 is 1.38 bits per heavy atom. The number of nitrogens with two attached hydrogens (primary N) is 1. The number of rotatable bonds is 5. The van der Waals surface area contributed by atoms with Gasteiger partial charge < -0.3 is 10.8 Å². The van der Waals surface area contributed by atoms with E-state index in [-0.39, 0.29) is 29.6 Å². The summed E-state index contributed by atoms with van der Waals surface area (Å²) in [5, 5.41) is 8.83. The van der Waals surface area contributed by atoms with Gasteiger partial charge in [0, 0.05) is 13.0 Å². The molecule has 1 amide bonds. The number of nitrogens with zero attached hydrogens (tertiary/aromatic N) is 1. The van der Waals surface area contributed by atoms with Gasteiger partial charge in [0.05, 0.1) is 10.3 Å². The number of thiophene rings is 1. The molecule has 4 N–H and O–H groups in total. The summed E-state index contributed by atoms with van der Waals surface area (Å²) in [7, 11) is 0. The number of aromatic amines is 1. The van der Waals surface area contributed by atoms with Crippen LogP contribution in [0.5, 0.6) is 0 Å². The number of H-pyrrole nitrogens is 1. The Labute approximate surface area is 121 Å². The van der Waals surface area contributed by atoms with Crippen LogP contribution in [0.25, 0.3) is 10.2 Å². The van der Waals surface area contributed by atoms with Gasteiger partial charge in [-0.25, -0.2) is 4.79 Å². The number of aryl methyl sites for hydroxylation is 1. The van der Waals surface area contributed by atoms with Gasteiger partial charge in [-0.1, -0.05) is 0 Å². The molecule has 21 heavy (non-hydrogen) atoms. The Hall–Kier alpha value is -2.42. The third kappa shape index (κ3) is 2.72. The lowest BCUT2D eigenvalue weighted by Crippen LogP contribution is -2.35. The summed E-state index contributed by atoms with van der Waals surface area (Å²) in [6, 6.07) is 0. The molecule has 2 aromatic rings. The van der Waals surface area contributed by atoms with E-state index in [1.54, 1.807) is 6.92 Å². The van der Waals surface area contributed by atoms with Crippen molar-refractivity contribution in [3.8, 4) is 0 Å². The Bertz CT molecular complexity index is 845. The van der Waals surface area contributed by atoms with Crippen molar-refractivity contribution in [1.82, 2.24) is 9.55 Å². The summed E-state index contributed by atoms with van der Waals surface area (Å²) >= 11 is 0.960. The molecule has 0 saturated heterocycles. The second kappa shape index (κ2) is 5.52. The van der Waals surface area contributed by atoms with Crippen LogP contribution in [-0.4, -0.2) is 26.5 Å². The quantitative estimate of drug-likeness (QED) is 0.715. The highest BCUT2D eigenvalue weighted by molar-refractivity contribution is 7.20. The number of aromatic nitrogens is 2. The first-order valence-corrected chi connectivity index (χ1v) is 6.92. The number of hydrogen-bond donors (Lipinski definition) is 3. The van der Waals surface area contributed by atoms with Crippen molar-refractivity contribution in [2.45, 2.75) is 26.3 Å². The van der Waals surface area contributed by atoms with Crippen molar-refractivity contribution in [2.24, 2.45) is 5.73 Å². The molecule has 0 spiro atoms. The molecule has 0 aliphatic heterocycles. The molecule has 8 nitrogen and oxygen atoms in total. The Kier molecular flexibility index (Phi) is 3.94. The number of amides is 1. The van der Waals surface area contributed by atoms with Gasteiger partial charge in [-0.2, -0.15) is 0 Å². The van der Waals surface area contributed by atoms with Crippen molar-refractivity contribution in [2.75, 3.05) is 0 Å². The number of fused-ring (bicyclic) bond motifs is 1. The van der Waals surface area contributed by atoms with Crippen molar-refractivity contribution < 1.29 is 14.7 Å². The van der Waals surface area contributed by atoms with Crippen LogP contribution < -0.4 is 17.0 Å². The van der Waals surface area contributed by atoms with Crippen molar-refractivity contribution in [3.05, 3.63) is 31.3 Å². The molecular weight excluding hydrogens is 298 g/mol. The van der Waals surface area contributed by atoms with E-state index in [1.807, 2.05) is 0 Å². The Morgan fingerprint density at radius 3 is 2.62 bits per heavy atom. The van der Waals surface area contributed by atoms with Crippen molar-refractivity contribution in [3.63, 3.8) is 0 Å². The van der Waals surface area contributed by atoms with Crippen LogP contribution in [0.3, 0.4) is 0 Å². The second-order valence-electron chi connectivity index (χ2n) is 4.51. The number of aliphatic carboxylic acids is 1. The molecule has 2 rings (SSSR count). The fourth-order valence-corrected chi connectivity index (χ4v) is 3.12. The van der Waals surface area contributed by atoms with Crippen LogP contribution in [0.15, 0.2) is 9.59 Å². The summed E-state index contributed by atoms with van der Waals surface area (Å²) in [4.78, 5) is 49.0. The topological polar surface area (TPSA) is 135 Å². The maximum absolute atomic E-state index is 12.3. The Morgan fingerprint density at radius 2 is 2.05 bits per heavy atom. The zero-order valence-corrected chi connectivity index (χ0v) is 12.0. The molecular formula is C12H13N3O5S. The van der Waals surface area contributed by atoms with Crippen LogP contribution in [0.2, 0.25) is 0 Å². The number of nitrogens with one attached hydrogen (secondary N) is 1. The molecule has 9 heteroatoms. The molecule has 2 aromatic heterocycles. The SMILES string of the molecule is Cc1c(C(N)=O)sc2[nH]c(=O)n(CCCC(=O)O)c(=O)c12. The summed E-state index contributed by atoms with van der Waals surface area (Å²) < 4.78 is 0.940. The third-order valence-electron chi connectivity index (χ3n) is 3.07. The highest BCUT2D eigenvalue weighted by atomic mass is 32.1. The maximum Gasteiger partial charge on any atom is 0.329 e. The molecule has 112 valence electrons. The van der Waals surface area contributed by atoms with Crippen molar-refractivity contribution >= 4 is 33.4 Å². The van der Waals surface area contributed by atoms with Gasteiger partial charge in [0.15, 0.2) is 0 Å². The van der Waals surface area contributed by atoms with E-state index in [9.17, 15) is 19.2 Å². The molecule has 2 heterocycles. The standard InChI is InChI=1S/C12H13N3O5S/c1-5-7-10(21-8(5)9(13)18)14-12(20)15(11(7)19)4-2-3-6(16)17/h2-4H2,1H3,(H2,13,18)(H,14,20)(H,16,17). The van der Waals surface area contributed by atoms with Crippen LogP contribution in [-0.2, 0) is 11.3 Å². The van der Waals surface area contributed by atoms with Crippen LogP contribution >= 0.6 is 11.3 Å². The zero-order valence-electron chi connectivity index (χ0n) is 11.1. The van der Waals surface area contributed by atoms with E-state index in [4.69, 9.17) is 10.8 Å². The monoisotopic (exact) mass is 311 g/mol. The van der Waals surface area contributed by atoms with Gasteiger partial charge in [0.1, 0.15) is 4.83 Å². The highest BCUT2D eigenvalue weighted by Crippen LogP contribution is 2.25. The second-order valence-corrected chi connectivity index (χ2v) is 5.53. The minimum atomic E-state index is -0.997. The lowest BCUT2D eigenvalue weighted by atomic mass is 10.2. The molecule has 0 saturated carbocycles. The maximum atomic E-state index is 12.3. The van der Waals surface area contributed by atoms with Crippen LogP contribution in [0.4, 0.5) is 0 Å². The van der Waals surface area contributed by atoms with E-state index in [2.05, 4.69) is 4.98 Å². The zero-order chi connectivity index (χ0) is 15.7. The summed E-state index contributed by atoms with van der Waals surface area (Å²) in [5.41, 5.74) is 4.48. The number of carbonyl (C=O) groups is 2. The van der Waals surface area contributed by atoms with Gasteiger partial charge in [0.25, 0.3) is 11.5 Å². The largest absolute Gasteiger partial charge is 0.481 e. The van der Waals surface area contributed by atoms with Gasteiger partial charge in [-0.15, -0.1) is 11.3 Å². The van der Waals surface area contributed by atoms with Gasteiger partial charge >= 0.3 is 11.7 Å².